The van der Waals surface area contributed by atoms with E-state index in [2.05, 4.69) is 13.2 Å². The third kappa shape index (κ3) is 10.4. The molecule has 0 saturated carbocycles. The Bertz CT molecular complexity index is 1050. The first-order valence-corrected chi connectivity index (χ1v) is 11.4. The van der Waals surface area contributed by atoms with Crippen LogP contribution < -0.4 is 9.47 Å². The first-order chi connectivity index (χ1) is 17.4. The Morgan fingerprint density at radius 1 is 0.806 bits per heavy atom. The van der Waals surface area contributed by atoms with Crippen molar-refractivity contribution in [3.8, 4) is 11.5 Å². The summed E-state index contributed by atoms with van der Waals surface area (Å²) in [6, 6.07) is 14.0. The Hall–Kier alpha value is -4.17. The molecule has 0 aliphatic carbocycles. The van der Waals surface area contributed by atoms with E-state index >= 15 is 0 Å². The summed E-state index contributed by atoms with van der Waals surface area (Å²) < 4.78 is 21.0. The predicted octanol–water partition coefficient (Wildman–Crippen LogP) is 3.94. The monoisotopic (exact) mass is 494 g/mol. The van der Waals surface area contributed by atoms with Crippen LogP contribution in [0.15, 0.2) is 79.4 Å². The molecule has 190 valence electrons. The molecule has 0 atom stereocenters. The van der Waals surface area contributed by atoms with Crippen molar-refractivity contribution in [2.24, 2.45) is 0 Å². The molecule has 0 aliphatic heterocycles. The summed E-state index contributed by atoms with van der Waals surface area (Å²) in [4.78, 5) is 34.8. The van der Waals surface area contributed by atoms with Gasteiger partial charge in [0.25, 0.3) is 0 Å². The van der Waals surface area contributed by atoms with Gasteiger partial charge in [-0.25, -0.2) is 9.59 Å². The molecule has 0 aromatic heterocycles. The second-order valence-electron chi connectivity index (χ2n) is 7.46. The molecule has 2 rings (SSSR count). The molecule has 0 saturated heterocycles. The van der Waals surface area contributed by atoms with Gasteiger partial charge >= 0.3 is 11.9 Å². The van der Waals surface area contributed by atoms with Crippen LogP contribution in [0, 0.1) is 0 Å². The maximum atomic E-state index is 12.4. The van der Waals surface area contributed by atoms with Gasteiger partial charge in [0, 0.05) is 24.5 Å². The molecule has 8 heteroatoms. The van der Waals surface area contributed by atoms with E-state index in [0.29, 0.717) is 43.1 Å². The first kappa shape index (κ1) is 28.1. The quantitative estimate of drug-likeness (QED) is 0.162. The van der Waals surface area contributed by atoms with Crippen molar-refractivity contribution < 1.29 is 38.4 Å². The van der Waals surface area contributed by atoms with E-state index < -0.39 is 18.5 Å². The Balaban J connectivity index is 1.71. The highest BCUT2D eigenvalue weighted by molar-refractivity contribution is 6.06. The number of aliphatic hydroxyl groups is 1. The topological polar surface area (TPSA) is 108 Å². The summed E-state index contributed by atoms with van der Waals surface area (Å²) >= 11 is 0. The predicted molar refractivity (Wildman–Crippen MR) is 135 cm³/mol. The van der Waals surface area contributed by atoms with E-state index in [0.717, 1.165) is 11.6 Å². The number of benzene rings is 2. The molecule has 0 fully saturated rings. The zero-order valence-electron chi connectivity index (χ0n) is 20.0. The minimum absolute atomic E-state index is 0.00804. The van der Waals surface area contributed by atoms with Gasteiger partial charge in [0.15, 0.2) is 5.78 Å². The van der Waals surface area contributed by atoms with E-state index in [-0.39, 0.29) is 24.6 Å². The Labute approximate surface area is 210 Å². The van der Waals surface area contributed by atoms with Crippen LogP contribution >= 0.6 is 0 Å². The molecule has 1 N–H and O–H groups in total. The van der Waals surface area contributed by atoms with E-state index in [1.807, 2.05) is 12.1 Å². The molecule has 2 aromatic carbocycles. The van der Waals surface area contributed by atoms with Gasteiger partial charge in [0.2, 0.25) is 0 Å². The van der Waals surface area contributed by atoms with Gasteiger partial charge in [0.05, 0.1) is 38.6 Å². The van der Waals surface area contributed by atoms with Crippen LogP contribution in [0.1, 0.15) is 28.8 Å². The smallest absolute Gasteiger partial charge is 0.335 e. The summed E-state index contributed by atoms with van der Waals surface area (Å²) in [7, 11) is 0. The van der Waals surface area contributed by atoms with E-state index in [9.17, 15) is 14.4 Å². The molecule has 8 nitrogen and oxygen atoms in total. The molecule has 2 aromatic rings. The lowest BCUT2D eigenvalue weighted by atomic mass is 10.1. The number of rotatable bonds is 16. The average molecular weight is 495 g/mol. The largest absolute Gasteiger partial charge is 0.493 e. The zero-order chi connectivity index (χ0) is 26.2. The molecular weight excluding hydrogens is 464 g/mol. The second kappa shape index (κ2) is 15.7. The van der Waals surface area contributed by atoms with Crippen LogP contribution in [0.4, 0.5) is 0 Å². The summed E-state index contributed by atoms with van der Waals surface area (Å²) in [6.07, 6.45) is 5.37. The molecule has 36 heavy (non-hydrogen) atoms. The minimum atomic E-state index is -0.626. The van der Waals surface area contributed by atoms with Crippen molar-refractivity contribution in [1.82, 2.24) is 0 Å². The molecular formula is C28H30O8. The lowest BCUT2D eigenvalue weighted by Gasteiger charge is -2.08. The number of carbonyl (C=O) groups excluding carboxylic acids is 3. The van der Waals surface area contributed by atoms with Gasteiger partial charge in [-0.1, -0.05) is 31.4 Å². The molecule has 0 spiro atoms. The fourth-order valence-electron chi connectivity index (χ4n) is 2.72. The van der Waals surface area contributed by atoms with Crippen LogP contribution in [-0.2, 0) is 19.1 Å². The summed E-state index contributed by atoms with van der Waals surface area (Å²) in [6.45, 7) is 7.44. The van der Waals surface area contributed by atoms with Gasteiger partial charge in [0.1, 0.15) is 11.5 Å². The van der Waals surface area contributed by atoms with Crippen molar-refractivity contribution in [3.63, 3.8) is 0 Å². The number of allylic oxidation sites excluding steroid dienone is 1. The van der Waals surface area contributed by atoms with Crippen molar-refractivity contribution in [2.45, 2.75) is 12.8 Å². The third-order valence-corrected chi connectivity index (χ3v) is 4.68. The third-order valence-electron chi connectivity index (χ3n) is 4.68. The SMILES string of the molecule is C=CC(=O)OCCCOc1ccc(/C=C/C(=O)c2ccc(OCCCOC(=O)C(=C)CO)cc2)cc1. The van der Waals surface area contributed by atoms with Crippen molar-refractivity contribution in [1.29, 1.82) is 0 Å². The number of ether oxygens (including phenoxy) is 4. The van der Waals surface area contributed by atoms with Crippen molar-refractivity contribution in [3.05, 3.63) is 90.5 Å². The van der Waals surface area contributed by atoms with Gasteiger partial charge in [-0.2, -0.15) is 0 Å². The number of esters is 2. The number of ketones is 1. The van der Waals surface area contributed by atoms with E-state index in [1.165, 1.54) is 6.08 Å². The lowest BCUT2D eigenvalue weighted by molar-refractivity contribution is -0.140. The molecule has 0 aliphatic rings. The lowest BCUT2D eigenvalue weighted by Crippen LogP contribution is -2.12. The summed E-state index contributed by atoms with van der Waals surface area (Å²) in [5.74, 6) is 0.0454. The summed E-state index contributed by atoms with van der Waals surface area (Å²) in [5.41, 5.74) is 1.37. The van der Waals surface area contributed by atoms with Gasteiger partial charge in [-0.05, 0) is 48.0 Å². The van der Waals surface area contributed by atoms with Crippen molar-refractivity contribution in [2.75, 3.05) is 33.0 Å². The molecule has 0 radical (unpaired) electrons. The Kier molecular flexibility index (Phi) is 12.2. The normalized spacial score (nSPS) is 10.5. The van der Waals surface area contributed by atoms with Gasteiger partial charge < -0.3 is 24.1 Å². The Morgan fingerprint density at radius 3 is 1.92 bits per heavy atom. The standard InChI is InChI=1S/C28H30O8/c1-3-27(31)35-18-4-16-33-24-11-6-22(7-12-24)8-15-26(30)23-9-13-25(14-10-23)34-17-5-19-36-28(32)21(2)20-29/h3,6-15,29H,1-2,4-5,16-20H2/b15-8+. The maximum Gasteiger partial charge on any atom is 0.335 e. The fourth-order valence-corrected chi connectivity index (χ4v) is 2.72. The van der Waals surface area contributed by atoms with Crippen LogP contribution in [0.2, 0.25) is 0 Å². The highest BCUT2D eigenvalue weighted by atomic mass is 16.5. The van der Waals surface area contributed by atoms with Crippen LogP contribution in [0.3, 0.4) is 0 Å². The maximum absolute atomic E-state index is 12.4. The van der Waals surface area contributed by atoms with Crippen molar-refractivity contribution >= 4 is 23.8 Å². The molecule has 0 amide bonds. The first-order valence-electron chi connectivity index (χ1n) is 11.4. The average Bonchev–Trinajstić information content (AvgIpc) is 2.91. The number of aliphatic hydroxyl groups excluding tert-OH is 1. The second-order valence-corrected chi connectivity index (χ2v) is 7.46. The summed E-state index contributed by atoms with van der Waals surface area (Å²) in [5, 5.41) is 8.81. The van der Waals surface area contributed by atoms with Crippen LogP contribution in [0.5, 0.6) is 11.5 Å². The number of hydrogen-bond donors (Lipinski definition) is 1. The number of carbonyl (C=O) groups is 3. The molecule has 0 unspecified atom stereocenters. The van der Waals surface area contributed by atoms with Crippen LogP contribution in [-0.4, -0.2) is 55.9 Å². The molecule has 0 bridgehead atoms. The Morgan fingerprint density at radius 2 is 1.36 bits per heavy atom. The fraction of sp³-hybridized carbons (Fsp3) is 0.250. The zero-order valence-corrected chi connectivity index (χ0v) is 20.0. The highest BCUT2D eigenvalue weighted by Crippen LogP contribution is 2.16. The number of hydrogen-bond acceptors (Lipinski definition) is 8. The minimum Gasteiger partial charge on any atom is -0.493 e. The van der Waals surface area contributed by atoms with Gasteiger partial charge in [-0.3, -0.25) is 4.79 Å². The molecule has 0 heterocycles. The van der Waals surface area contributed by atoms with Crippen LogP contribution in [0.25, 0.3) is 6.08 Å². The highest BCUT2D eigenvalue weighted by Gasteiger charge is 2.07. The van der Waals surface area contributed by atoms with Gasteiger partial charge in [-0.15, -0.1) is 0 Å². The van der Waals surface area contributed by atoms with E-state index in [4.69, 9.17) is 24.1 Å². The van der Waals surface area contributed by atoms with E-state index in [1.54, 1.807) is 42.5 Å².